The van der Waals surface area contributed by atoms with Gasteiger partial charge in [0.15, 0.2) is 11.5 Å². The molecule has 2 aromatic carbocycles. The number of amides is 2. The molecule has 26 heavy (non-hydrogen) atoms. The van der Waals surface area contributed by atoms with Gasteiger partial charge in [-0.25, -0.2) is 0 Å². The van der Waals surface area contributed by atoms with Gasteiger partial charge in [0.2, 0.25) is 11.8 Å². The molecule has 6 nitrogen and oxygen atoms in total. The van der Waals surface area contributed by atoms with Gasteiger partial charge in [0.1, 0.15) is 0 Å². The van der Waals surface area contributed by atoms with Crippen molar-refractivity contribution in [2.24, 2.45) is 0 Å². The van der Waals surface area contributed by atoms with E-state index in [0.717, 1.165) is 11.1 Å². The van der Waals surface area contributed by atoms with E-state index in [-0.39, 0.29) is 24.3 Å². The first-order valence-electron chi connectivity index (χ1n) is 8.33. The molecular formula is C20H24N2O4. The second-order valence-corrected chi connectivity index (χ2v) is 5.83. The maximum absolute atomic E-state index is 12.3. The van der Waals surface area contributed by atoms with Crippen LogP contribution in [-0.2, 0) is 16.1 Å². The Morgan fingerprint density at radius 1 is 1.00 bits per heavy atom. The number of carbonyl (C=O) groups excluding carboxylic acids is 2. The van der Waals surface area contributed by atoms with Crippen LogP contribution < -0.4 is 20.1 Å². The molecule has 0 fully saturated rings. The molecule has 0 radical (unpaired) electrons. The quantitative estimate of drug-likeness (QED) is 0.762. The zero-order chi connectivity index (χ0) is 18.9. The smallest absolute Gasteiger partial charge is 0.222 e. The molecule has 0 aromatic heterocycles. The van der Waals surface area contributed by atoms with Crippen molar-refractivity contribution in [3.05, 3.63) is 59.7 Å². The van der Waals surface area contributed by atoms with Gasteiger partial charge in [-0.2, -0.15) is 0 Å². The van der Waals surface area contributed by atoms with Crippen molar-refractivity contribution >= 4 is 11.8 Å². The molecular weight excluding hydrogens is 332 g/mol. The van der Waals surface area contributed by atoms with Gasteiger partial charge in [-0.1, -0.05) is 36.4 Å². The number of methoxy groups -OCH3 is 2. The molecule has 2 amide bonds. The Kier molecular flexibility index (Phi) is 7.02. The average molecular weight is 356 g/mol. The summed E-state index contributed by atoms with van der Waals surface area (Å²) in [6, 6.07) is 14.6. The molecule has 2 N–H and O–H groups in total. The highest BCUT2D eigenvalue weighted by molar-refractivity contribution is 5.79. The molecule has 0 aliphatic heterocycles. The number of carbonyl (C=O) groups is 2. The zero-order valence-corrected chi connectivity index (χ0v) is 15.2. The first kappa shape index (κ1) is 19.3. The van der Waals surface area contributed by atoms with E-state index in [4.69, 9.17) is 9.47 Å². The van der Waals surface area contributed by atoms with E-state index in [9.17, 15) is 9.59 Å². The van der Waals surface area contributed by atoms with Crippen LogP contribution in [-0.4, -0.2) is 26.0 Å². The topological polar surface area (TPSA) is 76.7 Å². The Labute approximate surface area is 153 Å². The van der Waals surface area contributed by atoms with Crippen LogP contribution in [0.3, 0.4) is 0 Å². The number of hydrogen-bond acceptors (Lipinski definition) is 4. The molecule has 6 heteroatoms. The summed E-state index contributed by atoms with van der Waals surface area (Å²) >= 11 is 0. The molecule has 2 aromatic rings. The largest absolute Gasteiger partial charge is 0.493 e. The first-order chi connectivity index (χ1) is 12.5. The number of ether oxygens (including phenoxy) is 2. The summed E-state index contributed by atoms with van der Waals surface area (Å²) in [6.07, 6.45) is 0.164. The lowest BCUT2D eigenvalue weighted by Crippen LogP contribution is -2.32. The van der Waals surface area contributed by atoms with Gasteiger partial charge in [0.05, 0.1) is 26.7 Å². The fourth-order valence-corrected chi connectivity index (χ4v) is 2.63. The predicted octanol–water partition coefficient (Wildman–Crippen LogP) is 2.59. The lowest BCUT2D eigenvalue weighted by Gasteiger charge is -2.18. The van der Waals surface area contributed by atoms with Crippen LogP contribution in [0.2, 0.25) is 0 Å². The van der Waals surface area contributed by atoms with Gasteiger partial charge in [-0.05, 0) is 23.3 Å². The van der Waals surface area contributed by atoms with Crippen LogP contribution in [0.1, 0.15) is 30.5 Å². The van der Waals surface area contributed by atoms with Gasteiger partial charge in [-0.3, -0.25) is 9.59 Å². The maximum atomic E-state index is 12.3. The van der Waals surface area contributed by atoms with Crippen LogP contribution in [0.25, 0.3) is 0 Å². The van der Waals surface area contributed by atoms with Gasteiger partial charge in [-0.15, -0.1) is 0 Å². The van der Waals surface area contributed by atoms with Crippen molar-refractivity contribution in [2.75, 3.05) is 14.2 Å². The van der Waals surface area contributed by atoms with Crippen LogP contribution >= 0.6 is 0 Å². The van der Waals surface area contributed by atoms with E-state index in [1.807, 2.05) is 42.5 Å². The van der Waals surface area contributed by atoms with E-state index >= 15 is 0 Å². The van der Waals surface area contributed by atoms with Crippen molar-refractivity contribution in [3.8, 4) is 11.5 Å². The highest BCUT2D eigenvalue weighted by Gasteiger charge is 2.17. The highest BCUT2D eigenvalue weighted by Crippen LogP contribution is 2.27. The Morgan fingerprint density at radius 3 is 2.31 bits per heavy atom. The Hall–Kier alpha value is -3.02. The Bertz CT molecular complexity index is 747. The van der Waals surface area contributed by atoms with E-state index in [2.05, 4.69) is 10.6 Å². The Morgan fingerprint density at radius 2 is 1.69 bits per heavy atom. The molecule has 138 valence electrons. The van der Waals surface area contributed by atoms with Crippen LogP contribution in [0.4, 0.5) is 0 Å². The van der Waals surface area contributed by atoms with Crippen molar-refractivity contribution in [1.82, 2.24) is 10.6 Å². The number of hydrogen-bond donors (Lipinski definition) is 2. The van der Waals surface area contributed by atoms with Gasteiger partial charge < -0.3 is 20.1 Å². The fraction of sp³-hybridized carbons (Fsp3) is 0.300. The molecule has 1 unspecified atom stereocenters. The summed E-state index contributed by atoms with van der Waals surface area (Å²) in [5.41, 5.74) is 1.79. The third-order valence-electron chi connectivity index (χ3n) is 3.91. The molecule has 0 heterocycles. The van der Waals surface area contributed by atoms with Crippen molar-refractivity contribution in [2.45, 2.75) is 25.9 Å². The molecule has 1 atom stereocenters. The average Bonchev–Trinajstić information content (AvgIpc) is 2.66. The van der Waals surface area contributed by atoms with Gasteiger partial charge >= 0.3 is 0 Å². The third kappa shape index (κ3) is 5.51. The van der Waals surface area contributed by atoms with Gasteiger partial charge in [0, 0.05) is 13.5 Å². The van der Waals surface area contributed by atoms with Crippen molar-refractivity contribution in [1.29, 1.82) is 0 Å². The van der Waals surface area contributed by atoms with Crippen molar-refractivity contribution in [3.63, 3.8) is 0 Å². The lowest BCUT2D eigenvalue weighted by molar-refractivity contribution is -0.122. The second kappa shape index (κ2) is 9.46. The molecule has 0 spiro atoms. The summed E-state index contributed by atoms with van der Waals surface area (Å²) in [4.78, 5) is 23.8. The standard InChI is InChI=1S/C20H24N2O4/c1-14(23)22-17(16-7-5-4-6-8-16)12-20(24)21-13-15-9-10-18(25-2)19(11-15)26-3/h4-11,17H,12-13H2,1-3H3,(H,21,24)(H,22,23). The Balaban J connectivity index is 1.99. The fourth-order valence-electron chi connectivity index (χ4n) is 2.63. The van der Waals surface area contributed by atoms with E-state index in [1.54, 1.807) is 20.3 Å². The number of nitrogens with one attached hydrogen (secondary N) is 2. The maximum Gasteiger partial charge on any atom is 0.222 e. The normalized spacial score (nSPS) is 11.3. The summed E-state index contributed by atoms with van der Waals surface area (Å²) in [5.74, 6) is 0.922. The number of benzene rings is 2. The minimum atomic E-state index is -0.362. The van der Waals surface area contributed by atoms with Crippen molar-refractivity contribution < 1.29 is 19.1 Å². The zero-order valence-electron chi connectivity index (χ0n) is 15.2. The monoisotopic (exact) mass is 356 g/mol. The SMILES string of the molecule is COc1ccc(CNC(=O)CC(NC(C)=O)c2ccccc2)cc1OC. The minimum absolute atomic E-state index is 0.151. The summed E-state index contributed by atoms with van der Waals surface area (Å²) in [6.45, 7) is 1.80. The summed E-state index contributed by atoms with van der Waals surface area (Å²) in [5, 5.41) is 5.70. The molecule has 0 bridgehead atoms. The van der Waals surface area contributed by atoms with E-state index in [0.29, 0.717) is 18.0 Å². The highest BCUT2D eigenvalue weighted by atomic mass is 16.5. The molecule has 0 aliphatic carbocycles. The molecule has 0 saturated heterocycles. The summed E-state index contributed by atoms with van der Waals surface area (Å²) in [7, 11) is 3.14. The molecule has 2 rings (SSSR count). The second-order valence-electron chi connectivity index (χ2n) is 5.83. The first-order valence-corrected chi connectivity index (χ1v) is 8.33. The predicted molar refractivity (Wildman–Crippen MR) is 99.0 cm³/mol. The molecule has 0 aliphatic rings. The molecule has 0 saturated carbocycles. The van der Waals surface area contributed by atoms with E-state index in [1.165, 1.54) is 6.92 Å². The third-order valence-corrected chi connectivity index (χ3v) is 3.91. The van der Waals surface area contributed by atoms with Crippen LogP contribution in [0, 0.1) is 0 Å². The van der Waals surface area contributed by atoms with Crippen LogP contribution in [0.15, 0.2) is 48.5 Å². The minimum Gasteiger partial charge on any atom is -0.493 e. The summed E-state index contributed by atoms with van der Waals surface area (Å²) < 4.78 is 10.5. The van der Waals surface area contributed by atoms with Crippen LogP contribution in [0.5, 0.6) is 11.5 Å². The number of rotatable bonds is 8. The van der Waals surface area contributed by atoms with E-state index < -0.39 is 0 Å². The lowest BCUT2D eigenvalue weighted by atomic mass is 10.0. The van der Waals surface area contributed by atoms with Gasteiger partial charge in [0.25, 0.3) is 0 Å².